The van der Waals surface area contributed by atoms with Gasteiger partial charge in [0.25, 0.3) is 0 Å². The van der Waals surface area contributed by atoms with E-state index in [2.05, 4.69) is 0 Å². The first-order chi connectivity index (χ1) is 9.51. The molecule has 3 nitrogen and oxygen atoms in total. The molecule has 0 saturated heterocycles. The summed E-state index contributed by atoms with van der Waals surface area (Å²) < 4.78 is 10.3. The maximum Gasteiger partial charge on any atom is 0.343 e. The number of methoxy groups -OCH3 is 1. The standard InChI is InChI=1S/C15H12Cl2O3/c1-9-13(16)7-12(8-14(9)17)20-15(18)10-3-5-11(19-2)6-4-10/h3-8H,1-2H3. The molecule has 0 amide bonds. The summed E-state index contributed by atoms with van der Waals surface area (Å²) >= 11 is 12.0. The molecule has 0 aromatic heterocycles. The highest BCUT2D eigenvalue weighted by Crippen LogP contribution is 2.29. The van der Waals surface area contributed by atoms with Gasteiger partial charge in [-0.05, 0) is 48.9 Å². The van der Waals surface area contributed by atoms with Crippen molar-refractivity contribution < 1.29 is 14.3 Å². The highest BCUT2D eigenvalue weighted by Gasteiger charge is 2.11. The monoisotopic (exact) mass is 310 g/mol. The van der Waals surface area contributed by atoms with Crippen molar-refractivity contribution in [3.8, 4) is 11.5 Å². The molecule has 0 radical (unpaired) electrons. The average molecular weight is 311 g/mol. The second-order valence-electron chi connectivity index (χ2n) is 4.13. The van der Waals surface area contributed by atoms with Gasteiger partial charge in [0, 0.05) is 10.0 Å². The molecule has 5 heteroatoms. The zero-order valence-corrected chi connectivity index (χ0v) is 12.5. The van der Waals surface area contributed by atoms with E-state index >= 15 is 0 Å². The Kier molecular flexibility index (Phi) is 4.53. The van der Waals surface area contributed by atoms with Crippen molar-refractivity contribution in [1.82, 2.24) is 0 Å². The molecule has 0 aliphatic heterocycles. The van der Waals surface area contributed by atoms with Gasteiger partial charge in [-0.3, -0.25) is 0 Å². The van der Waals surface area contributed by atoms with Gasteiger partial charge < -0.3 is 9.47 Å². The first-order valence-corrected chi connectivity index (χ1v) is 6.58. The van der Waals surface area contributed by atoms with Gasteiger partial charge in [-0.15, -0.1) is 0 Å². The van der Waals surface area contributed by atoms with Crippen molar-refractivity contribution in [1.29, 1.82) is 0 Å². The molecule has 0 heterocycles. The lowest BCUT2D eigenvalue weighted by Gasteiger charge is -2.08. The van der Waals surface area contributed by atoms with Crippen LogP contribution in [0.4, 0.5) is 0 Å². The molecule has 0 aliphatic rings. The number of hydrogen-bond acceptors (Lipinski definition) is 3. The van der Waals surface area contributed by atoms with Crippen molar-refractivity contribution in [2.45, 2.75) is 6.92 Å². The molecule has 0 spiro atoms. The summed E-state index contributed by atoms with van der Waals surface area (Å²) in [6, 6.07) is 9.74. The average Bonchev–Trinajstić information content (AvgIpc) is 2.44. The van der Waals surface area contributed by atoms with E-state index in [4.69, 9.17) is 32.7 Å². The zero-order valence-electron chi connectivity index (χ0n) is 10.9. The fourth-order valence-corrected chi connectivity index (χ4v) is 2.04. The molecular formula is C15H12Cl2O3. The summed E-state index contributed by atoms with van der Waals surface area (Å²) in [4.78, 5) is 12.0. The fourth-order valence-electron chi connectivity index (χ4n) is 1.57. The van der Waals surface area contributed by atoms with Crippen molar-refractivity contribution in [2.24, 2.45) is 0 Å². The third kappa shape index (κ3) is 3.24. The lowest BCUT2D eigenvalue weighted by molar-refractivity contribution is 0.0735. The predicted molar refractivity (Wildman–Crippen MR) is 79.2 cm³/mol. The number of benzene rings is 2. The van der Waals surface area contributed by atoms with Crippen LogP contribution in [0.1, 0.15) is 15.9 Å². The minimum Gasteiger partial charge on any atom is -0.497 e. The fraction of sp³-hybridized carbons (Fsp3) is 0.133. The van der Waals surface area contributed by atoms with Crippen LogP contribution < -0.4 is 9.47 Å². The van der Waals surface area contributed by atoms with Crippen LogP contribution >= 0.6 is 23.2 Å². The lowest BCUT2D eigenvalue weighted by atomic mass is 10.2. The Hall–Kier alpha value is -1.71. The van der Waals surface area contributed by atoms with Gasteiger partial charge in [-0.25, -0.2) is 4.79 Å². The van der Waals surface area contributed by atoms with E-state index in [-0.39, 0.29) is 0 Å². The molecule has 2 aromatic carbocycles. The van der Waals surface area contributed by atoms with Crippen molar-refractivity contribution in [2.75, 3.05) is 7.11 Å². The van der Waals surface area contributed by atoms with E-state index in [1.54, 1.807) is 50.4 Å². The summed E-state index contributed by atoms with van der Waals surface area (Å²) in [7, 11) is 1.56. The van der Waals surface area contributed by atoms with Crippen LogP contribution in [0.25, 0.3) is 0 Å². The van der Waals surface area contributed by atoms with Gasteiger partial charge in [0.1, 0.15) is 11.5 Å². The van der Waals surface area contributed by atoms with Crippen LogP contribution in [0.3, 0.4) is 0 Å². The number of rotatable bonds is 3. The van der Waals surface area contributed by atoms with Crippen LogP contribution in [0.5, 0.6) is 11.5 Å². The molecule has 104 valence electrons. The van der Waals surface area contributed by atoms with Gasteiger partial charge in [0.2, 0.25) is 0 Å². The molecule has 0 N–H and O–H groups in total. The number of hydrogen-bond donors (Lipinski definition) is 0. The molecule has 0 saturated carbocycles. The van der Waals surface area contributed by atoms with Crippen molar-refractivity contribution >= 4 is 29.2 Å². The van der Waals surface area contributed by atoms with Crippen molar-refractivity contribution in [3.05, 3.63) is 57.6 Å². The maximum atomic E-state index is 12.0. The third-order valence-corrected chi connectivity index (χ3v) is 3.58. The van der Waals surface area contributed by atoms with Crippen LogP contribution in [-0.2, 0) is 0 Å². The molecule has 20 heavy (non-hydrogen) atoms. The van der Waals surface area contributed by atoms with E-state index in [1.165, 1.54) is 0 Å². The second-order valence-corrected chi connectivity index (χ2v) is 4.94. The summed E-state index contributed by atoms with van der Waals surface area (Å²) in [6.07, 6.45) is 0. The van der Waals surface area contributed by atoms with E-state index in [0.29, 0.717) is 27.1 Å². The molecule has 2 rings (SSSR count). The number of esters is 1. The summed E-state index contributed by atoms with van der Waals surface area (Å²) in [5, 5.41) is 0.907. The Balaban J connectivity index is 2.18. The Morgan fingerprint density at radius 2 is 1.55 bits per heavy atom. The molecule has 0 atom stereocenters. The lowest BCUT2D eigenvalue weighted by Crippen LogP contribution is -2.08. The highest BCUT2D eigenvalue weighted by molar-refractivity contribution is 6.36. The van der Waals surface area contributed by atoms with E-state index in [1.807, 2.05) is 0 Å². The Morgan fingerprint density at radius 3 is 2.05 bits per heavy atom. The minimum absolute atomic E-state index is 0.311. The minimum atomic E-state index is -0.483. The Morgan fingerprint density at radius 1 is 1.00 bits per heavy atom. The number of halogens is 2. The summed E-state index contributed by atoms with van der Waals surface area (Å²) in [5.74, 6) is 0.498. The molecule has 0 unspecified atom stereocenters. The first-order valence-electron chi connectivity index (χ1n) is 5.83. The summed E-state index contributed by atoms with van der Waals surface area (Å²) in [6.45, 7) is 1.79. The van der Waals surface area contributed by atoms with Crippen LogP contribution in [0.2, 0.25) is 10.0 Å². The van der Waals surface area contributed by atoms with Gasteiger partial charge in [0.15, 0.2) is 0 Å². The normalized spacial score (nSPS) is 10.2. The van der Waals surface area contributed by atoms with Crippen LogP contribution in [0.15, 0.2) is 36.4 Å². The molecule has 0 fully saturated rings. The SMILES string of the molecule is COc1ccc(C(=O)Oc2cc(Cl)c(C)c(Cl)c2)cc1. The number of carbonyl (C=O) groups is 1. The second kappa shape index (κ2) is 6.16. The topological polar surface area (TPSA) is 35.5 Å². The van der Waals surface area contributed by atoms with E-state index in [0.717, 1.165) is 5.56 Å². The Labute approximate surface area is 127 Å². The first kappa shape index (κ1) is 14.7. The van der Waals surface area contributed by atoms with E-state index in [9.17, 15) is 4.79 Å². The van der Waals surface area contributed by atoms with Crippen molar-refractivity contribution in [3.63, 3.8) is 0 Å². The zero-order chi connectivity index (χ0) is 14.7. The van der Waals surface area contributed by atoms with Gasteiger partial charge >= 0.3 is 5.97 Å². The largest absolute Gasteiger partial charge is 0.497 e. The van der Waals surface area contributed by atoms with Gasteiger partial charge in [0.05, 0.1) is 12.7 Å². The third-order valence-electron chi connectivity index (χ3n) is 2.79. The smallest absolute Gasteiger partial charge is 0.343 e. The quantitative estimate of drug-likeness (QED) is 0.617. The number of ether oxygens (including phenoxy) is 2. The van der Waals surface area contributed by atoms with Crippen LogP contribution in [-0.4, -0.2) is 13.1 Å². The highest BCUT2D eigenvalue weighted by atomic mass is 35.5. The Bertz CT molecular complexity index is 613. The molecular weight excluding hydrogens is 299 g/mol. The number of carbonyl (C=O) groups excluding carboxylic acids is 1. The molecule has 0 bridgehead atoms. The van der Waals surface area contributed by atoms with Gasteiger partial charge in [-0.2, -0.15) is 0 Å². The molecule has 0 aliphatic carbocycles. The summed E-state index contributed by atoms with van der Waals surface area (Å²) in [5.41, 5.74) is 1.16. The molecule has 2 aromatic rings. The maximum absolute atomic E-state index is 12.0. The van der Waals surface area contributed by atoms with E-state index < -0.39 is 5.97 Å². The van der Waals surface area contributed by atoms with Crippen LogP contribution in [0, 0.1) is 6.92 Å². The predicted octanol–water partition coefficient (Wildman–Crippen LogP) is 4.53. The van der Waals surface area contributed by atoms with Gasteiger partial charge in [-0.1, -0.05) is 23.2 Å².